The van der Waals surface area contributed by atoms with Gasteiger partial charge in [-0.25, -0.2) is 9.69 Å². The fourth-order valence-corrected chi connectivity index (χ4v) is 4.23. The van der Waals surface area contributed by atoms with Gasteiger partial charge >= 0.3 is 6.03 Å². The van der Waals surface area contributed by atoms with Gasteiger partial charge in [-0.2, -0.15) is 0 Å². The summed E-state index contributed by atoms with van der Waals surface area (Å²) in [6.45, 7) is 7.71. The van der Waals surface area contributed by atoms with Gasteiger partial charge in [-0.3, -0.25) is 9.69 Å². The summed E-state index contributed by atoms with van der Waals surface area (Å²) in [6.07, 6.45) is 0. The van der Waals surface area contributed by atoms with Crippen molar-refractivity contribution in [1.29, 1.82) is 0 Å². The number of nitrogens with one attached hydrogen (secondary N) is 1. The van der Waals surface area contributed by atoms with Gasteiger partial charge in [0, 0.05) is 6.54 Å². The molecule has 1 aliphatic rings. The highest BCUT2D eigenvalue weighted by Gasteiger charge is 2.54. The van der Waals surface area contributed by atoms with Crippen molar-refractivity contribution in [2.24, 2.45) is 0 Å². The molecule has 5 nitrogen and oxygen atoms in total. The monoisotopic (exact) mass is 427 g/mol. The molecule has 1 fully saturated rings. The van der Waals surface area contributed by atoms with E-state index in [0.717, 1.165) is 27.8 Å². The third-order valence-electron chi connectivity index (χ3n) is 6.29. The summed E-state index contributed by atoms with van der Waals surface area (Å²) in [4.78, 5) is 30.6. The molecule has 3 aromatic rings. The van der Waals surface area contributed by atoms with Crippen molar-refractivity contribution >= 4 is 11.9 Å². The Balaban J connectivity index is 1.71. The summed E-state index contributed by atoms with van der Waals surface area (Å²) in [6, 6.07) is 25.2. The molecule has 1 N–H and O–H groups in total. The smallest absolute Gasteiger partial charge is 0.315 e. The van der Waals surface area contributed by atoms with Gasteiger partial charge in [0.25, 0.3) is 5.91 Å². The first kappa shape index (κ1) is 21.8. The van der Waals surface area contributed by atoms with Crippen LogP contribution in [0.4, 0.5) is 4.79 Å². The van der Waals surface area contributed by atoms with Gasteiger partial charge in [0.2, 0.25) is 0 Å². The van der Waals surface area contributed by atoms with Crippen molar-refractivity contribution in [2.75, 3.05) is 13.2 Å². The molecule has 3 aromatic carbocycles. The number of rotatable bonds is 7. The van der Waals surface area contributed by atoms with Crippen molar-refractivity contribution in [3.63, 3.8) is 0 Å². The molecule has 1 atom stereocenters. The Morgan fingerprint density at radius 3 is 2.12 bits per heavy atom. The molecule has 0 aromatic heterocycles. The quantitative estimate of drug-likeness (QED) is 0.562. The zero-order valence-electron chi connectivity index (χ0n) is 18.8. The van der Waals surface area contributed by atoms with Crippen LogP contribution in [0.5, 0.6) is 0 Å². The molecule has 164 valence electrons. The minimum Gasteiger partial charge on any atom is -0.315 e. The second kappa shape index (κ2) is 8.97. The predicted molar refractivity (Wildman–Crippen MR) is 126 cm³/mol. The summed E-state index contributed by atoms with van der Waals surface area (Å²) in [7, 11) is 0. The molecule has 1 heterocycles. The Labute approximate surface area is 189 Å². The van der Waals surface area contributed by atoms with Crippen LogP contribution in [-0.4, -0.2) is 35.0 Å². The summed E-state index contributed by atoms with van der Waals surface area (Å²) < 4.78 is 0. The van der Waals surface area contributed by atoms with E-state index in [9.17, 15) is 9.59 Å². The van der Waals surface area contributed by atoms with Crippen LogP contribution in [0.3, 0.4) is 0 Å². The number of amides is 3. The minimum absolute atomic E-state index is 0.232. The minimum atomic E-state index is -1.23. The zero-order valence-corrected chi connectivity index (χ0v) is 18.8. The Morgan fingerprint density at radius 2 is 1.50 bits per heavy atom. The molecule has 32 heavy (non-hydrogen) atoms. The van der Waals surface area contributed by atoms with E-state index < -0.39 is 5.54 Å². The Hall–Kier alpha value is -3.44. The van der Waals surface area contributed by atoms with E-state index in [4.69, 9.17) is 0 Å². The first-order chi connectivity index (χ1) is 15.5. The van der Waals surface area contributed by atoms with Crippen molar-refractivity contribution in [1.82, 2.24) is 15.1 Å². The van der Waals surface area contributed by atoms with Crippen LogP contribution in [-0.2, 0) is 16.9 Å². The molecule has 3 amide bonds. The molecule has 0 bridgehead atoms. The van der Waals surface area contributed by atoms with E-state index in [-0.39, 0.29) is 18.6 Å². The van der Waals surface area contributed by atoms with Crippen molar-refractivity contribution < 1.29 is 9.59 Å². The number of imide groups is 1. The van der Waals surface area contributed by atoms with Crippen molar-refractivity contribution in [2.45, 2.75) is 32.9 Å². The maximum atomic E-state index is 14.0. The molecule has 0 aliphatic carbocycles. The number of hydrogen-bond donors (Lipinski definition) is 1. The van der Waals surface area contributed by atoms with E-state index in [1.54, 1.807) is 0 Å². The molecule has 1 aliphatic heterocycles. The van der Waals surface area contributed by atoms with Crippen LogP contribution in [0, 0.1) is 13.8 Å². The lowest BCUT2D eigenvalue weighted by Crippen LogP contribution is -2.46. The van der Waals surface area contributed by atoms with Crippen LogP contribution >= 0.6 is 0 Å². The third kappa shape index (κ3) is 3.92. The molecule has 0 radical (unpaired) electrons. The van der Waals surface area contributed by atoms with Crippen molar-refractivity contribution in [3.05, 3.63) is 107 Å². The summed E-state index contributed by atoms with van der Waals surface area (Å²) in [5.74, 6) is -0.247. The van der Waals surface area contributed by atoms with Gasteiger partial charge in [0.05, 0.1) is 6.67 Å². The second-order valence-corrected chi connectivity index (χ2v) is 8.35. The van der Waals surface area contributed by atoms with E-state index in [1.807, 2.05) is 87.5 Å². The molecule has 0 saturated carbocycles. The topological polar surface area (TPSA) is 52.6 Å². The van der Waals surface area contributed by atoms with Gasteiger partial charge < -0.3 is 5.32 Å². The average Bonchev–Trinajstić information content (AvgIpc) is 3.07. The van der Waals surface area contributed by atoms with Crippen LogP contribution in [0.2, 0.25) is 0 Å². The van der Waals surface area contributed by atoms with Gasteiger partial charge in [-0.1, -0.05) is 85.8 Å². The van der Waals surface area contributed by atoms with Gasteiger partial charge in [-0.05, 0) is 48.2 Å². The van der Waals surface area contributed by atoms with E-state index in [2.05, 4.69) is 22.3 Å². The lowest BCUT2D eigenvalue weighted by atomic mass is 9.81. The van der Waals surface area contributed by atoms with Crippen LogP contribution in [0.25, 0.3) is 0 Å². The zero-order chi connectivity index (χ0) is 22.7. The molecular formula is C27H29N3O2. The van der Waals surface area contributed by atoms with Gasteiger partial charge in [0.1, 0.15) is 0 Å². The highest BCUT2D eigenvalue weighted by Crippen LogP contribution is 2.37. The standard InChI is InChI=1S/C27H29N3O2/c1-4-29(18-22-11-7-5-8-12-22)19-30-25(31)27(28-26(30)32,23-13-9-6-10-14-23)24-16-15-20(2)21(3)17-24/h5-17H,4,18-19H2,1-3H3,(H,28,32)/t27-/m0/s1. The first-order valence-electron chi connectivity index (χ1n) is 11.0. The maximum Gasteiger partial charge on any atom is 0.326 e. The molecular weight excluding hydrogens is 398 g/mol. The largest absolute Gasteiger partial charge is 0.326 e. The highest BCUT2D eigenvalue weighted by atomic mass is 16.2. The SMILES string of the molecule is CCN(Cc1ccccc1)CN1C(=O)N[C@@](c2ccccc2)(c2ccc(C)c(C)c2)C1=O. The van der Waals surface area contributed by atoms with Gasteiger partial charge in [-0.15, -0.1) is 0 Å². The number of nitrogens with zero attached hydrogens (tertiary/aromatic N) is 2. The second-order valence-electron chi connectivity index (χ2n) is 8.35. The number of carbonyl (C=O) groups excluding carboxylic acids is 2. The predicted octanol–water partition coefficient (Wildman–Crippen LogP) is 4.58. The number of hydrogen-bond acceptors (Lipinski definition) is 3. The van der Waals surface area contributed by atoms with Crippen LogP contribution in [0.15, 0.2) is 78.9 Å². The normalized spacial score (nSPS) is 18.3. The number of aryl methyl sites for hydroxylation is 2. The fraction of sp³-hybridized carbons (Fsp3) is 0.259. The first-order valence-corrected chi connectivity index (χ1v) is 11.0. The number of benzene rings is 3. The molecule has 5 heteroatoms. The summed E-state index contributed by atoms with van der Waals surface area (Å²) in [5.41, 5.74) is 3.67. The Morgan fingerprint density at radius 1 is 0.844 bits per heavy atom. The maximum absolute atomic E-state index is 14.0. The lowest BCUT2D eigenvalue weighted by Gasteiger charge is -2.30. The van der Waals surface area contributed by atoms with Crippen LogP contribution < -0.4 is 5.32 Å². The van der Waals surface area contributed by atoms with E-state index in [0.29, 0.717) is 13.1 Å². The van der Waals surface area contributed by atoms with E-state index in [1.165, 1.54) is 4.90 Å². The van der Waals surface area contributed by atoms with Crippen LogP contribution in [0.1, 0.15) is 34.7 Å². The fourth-order valence-electron chi connectivity index (χ4n) is 4.23. The number of urea groups is 1. The van der Waals surface area contributed by atoms with Gasteiger partial charge in [0.15, 0.2) is 5.54 Å². The average molecular weight is 428 g/mol. The van der Waals surface area contributed by atoms with Crippen molar-refractivity contribution in [3.8, 4) is 0 Å². The number of carbonyl (C=O) groups is 2. The Bertz CT molecular complexity index is 1110. The van der Waals surface area contributed by atoms with E-state index >= 15 is 0 Å². The molecule has 4 rings (SSSR count). The lowest BCUT2D eigenvalue weighted by molar-refractivity contribution is -0.131. The third-order valence-corrected chi connectivity index (χ3v) is 6.29. The summed E-state index contributed by atoms with van der Waals surface area (Å²) in [5, 5.41) is 3.05. The highest BCUT2D eigenvalue weighted by molar-refractivity contribution is 6.09. The Kier molecular flexibility index (Phi) is 6.10. The summed E-state index contributed by atoms with van der Waals surface area (Å²) >= 11 is 0. The molecule has 0 spiro atoms. The molecule has 1 saturated heterocycles. The molecule has 0 unspecified atom stereocenters.